The van der Waals surface area contributed by atoms with Crippen LogP contribution in [0, 0.1) is 0 Å². The standard InChI is InChI=1S/C13H22N2OS/c1-3-6-14-11(2)12-5-7-15-13(10-12)17-9-4-8-16/h5,7,10-11,14,16H,3-4,6,8-9H2,1-2H3. The summed E-state index contributed by atoms with van der Waals surface area (Å²) in [6.45, 7) is 5.63. The van der Waals surface area contributed by atoms with Crippen molar-refractivity contribution < 1.29 is 5.11 Å². The summed E-state index contributed by atoms with van der Waals surface area (Å²) in [6.07, 6.45) is 3.83. The molecule has 4 heteroatoms. The first kappa shape index (κ1) is 14.5. The highest BCUT2D eigenvalue weighted by Gasteiger charge is 2.05. The highest BCUT2D eigenvalue weighted by atomic mass is 32.2. The Morgan fingerprint density at radius 1 is 1.53 bits per heavy atom. The fourth-order valence-electron chi connectivity index (χ4n) is 1.49. The number of aliphatic hydroxyl groups excluding tert-OH is 1. The van der Waals surface area contributed by atoms with Crippen LogP contribution in [0.1, 0.15) is 38.3 Å². The van der Waals surface area contributed by atoms with Crippen molar-refractivity contribution >= 4 is 11.8 Å². The molecule has 3 nitrogen and oxygen atoms in total. The molecule has 1 aromatic rings. The van der Waals surface area contributed by atoms with Crippen LogP contribution in [0.5, 0.6) is 0 Å². The number of hydrogen-bond acceptors (Lipinski definition) is 4. The van der Waals surface area contributed by atoms with E-state index in [0.29, 0.717) is 6.04 Å². The molecule has 0 aliphatic heterocycles. The third-order valence-corrected chi connectivity index (χ3v) is 3.52. The lowest BCUT2D eigenvalue weighted by Gasteiger charge is -2.14. The zero-order chi connectivity index (χ0) is 12.5. The second-order valence-electron chi connectivity index (χ2n) is 4.03. The second kappa shape index (κ2) is 8.50. The van der Waals surface area contributed by atoms with Gasteiger partial charge in [0.2, 0.25) is 0 Å². The van der Waals surface area contributed by atoms with E-state index in [1.807, 2.05) is 6.20 Å². The third kappa shape index (κ3) is 5.52. The molecule has 0 saturated carbocycles. The Bertz CT molecular complexity index is 320. The van der Waals surface area contributed by atoms with E-state index in [1.54, 1.807) is 11.8 Å². The number of aliphatic hydroxyl groups is 1. The van der Waals surface area contributed by atoms with Gasteiger partial charge in [-0.3, -0.25) is 0 Å². The number of rotatable bonds is 8. The summed E-state index contributed by atoms with van der Waals surface area (Å²) in [6, 6.07) is 4.56. The van der Waals surface area contributed by atoms with E-state index in [4.69, 9.17) is 5.11 Å². The lowest BCUT2D eigenvalue weighted by molar-refractivity contribution is 0.296. The Morgan fingerprint density at radius 2 is 2.35 bits per heavy atom. The van der Waals surface area contributed by atoms with E-state index < -0.39 is 0 Å². The first-order valence-corrected chi connectivity index (χ1v) is 7.19. The van der Waals surface area contributed by atoms with Gasteiger partial charge in [0, 0.05) is 24.6 Å². The fraction of sp³-hybridized carbons (Fsp3) is 0.615. The molecule has 17 heavy (non-hydrogen) atoms. The molecule has 1 unspecified atom stereocenters. The third-order valence-electron chi connectivity index (χ3n) is 2.51. The van der Waals surface area contributed by atoms with Gasteiger partial charge in [-0.25, -0.2) is 4.98 Å². The molecule has 1 atom stereocenters. The van der Waals surface area contributed by atoms with Crippen molar-refractivity contribution in [3.05, 3.63) is 23.9 Å². The first-order chi connectivity index (χ1) is 8.27. The molecule has 0 amide bonds. The van der Waals surface area contributed by atoms with E-state index in [1.165, 1.54) is 5.56 Å². The Balaban J connectivity index is 2.52. The summed E-state index contributed by atoms with van der Waals surface area (Å²) in [5.41, 5.74) is 1.28. The van der Waals surface area contributed by atoms with Crippen LogP contribution in [0.4, 0.5) is 0 Å². The van der Waals surface area contributed by atoms with Crippen molar-refractivity contribution in [2.75, 3.05) is 18.9 Å². The zero-order valence-electron chi connectivity index (χ0n) is 10.6. The smallest absolute Gasteiger partial charge is 0.0963 e. The molecule has 0 fully saturated rings. The minimum Gasteiger partial charge on any atom is -0.396 e. The summed E-state index contributed by atoms with van der Waals surface area (Å²) in [4.78, 5) is 4.33. The quantitative estimate of drug-likeness (QED) is 0.553. The molecule has 0 bridgehead atoms. The number of nitrogens with one attached hydrogen (secondary N) is 1. The van der Waals surface area contributed by atoms with Gasteiger partial charge in [0.05, 0.1) is 5.03 Å². The van der Waals surface area contributed by atoms with E-state index in [-0.39, 0.29) is 6.61 Å². The summed E-state index contributed by atoms with van der Waals surface area (Å²) in [5.74, 6) is 0.920. The van der Waals surface area contributed by atoms with Crippen LogP contribution in [0.25, 0.3) is 0 Å². The van der Waals surface area contributed by atoms with Crippen LogP contribution in [0.3, 0.4) is 0 Å². The molecule has 1 aromatic heterocycles. The molecule has 0 aliphatic carbocycles. The van der Waals surface area contributed by atoms with Gasteiger partial charge < -0.3 is 10.4 Å². The van der Waals surface area contributed by atoms with Crippen molar-refractivity contribution in [2.24, 2.45) is 0 Å². The number of aromatic nitrogens is 1. The Labute approximate surface area is 108 Å². The lowest BCUT2D eigenvalue weighted by atomic mass is 10.1. The van der Waals surface area contributed by atoms with Crippen LogP contribution in [0.15, 0.2) is 23.4 Å². The molecule has 0 spiro atoms. The molecule has 2 N–H and O–H groups in total. The predicted octanol–water partition coefficient (Wildman–Crippen LogP) is 2.62. The number of pyridine rings is 1. The summed E-state index contributed by atoms with van der Waals surface area (Å²) < 4.78 is 0. The maximum Gasteiger partial charge on any atom is 0.0963 e. The Morgan fingerprint density at radius 3 is 3.06 bits per heavy atom. The van der Waals surface area contributed by atoms with Gasteiger partial charge in [-0.15, -0.1) is 11.8 Å². The molecule has 1 rings (SSSR count). The monoisotopic (exact) mass is 254 g/mol. The lowest BCUT2D eigenvalue weighted by Crippen LogP contribution is -2.19. The molecular weight excluding hydrogens is 232 g/mol. The molecule has 0 aromatic carbocycles. The molecule has 96 valence electrons. The highest BCUT2D eigenvalue weighted by Crippen LogP contribution is 2.20. The minimum atomic E-state index is 0.251. The Hall–Kier alpha value is -0.580. The molecule has 0 aliphatic rings. The zero-order valence-corrected chi connectivity index (χ0v) is 11.5. The minimum absolute atomic E-state index is 0.251. The maximum absolute atomic E-state index is 8.74. The van der Waals surface area contributed by atoms with Crippen molar-refractivity contribution in [3.63, 3.8) is 0 Å². The van der Waals surface area contributed by atoms with E-state index in [9.17, 15) is 0 Å². The van der Waals surface area contributed by atoms with Crippen molar-refractivity contribution in [3.8, 4) is 0 Å². The van der Waals surface area contributed by atoms with Crippen LogP contribution >= 0.6 is 11.8 Å². The maximum atomic E-state index is 8.74. The largest absolute Gasteiger partial charge is 0.396 e. The molecule has 0 saturated heterocycles. The SMILES string of the molecule is CCCNC(C)c1ccnc(SCCCO)c1. The normalized spacial score (nSPS) is 12.6. The van der Waals surface area contributed by atoms with Crippen molar-refractivity contribution in [1.29, 1.82) is 0 Å². The predicted molar refractivity (Wildman–Crippen MR) is 73.4 cm³/mol. The average Bonchev–Trinajstić information content (AvgIpc) is 2.36. The number of thioether (sulfide) groups is 1. The van der Waals surface area contributed by atoms with Gasteiger partial charge >= 0.3 is 0 Å². The van der Waals surface area contributed by atoms with Crippen LogP contribution in [-0.2, 0) is 0 Å². The topological polar surface area (TPSA) is 45.2 Å². The molecule has 1 heterocycles. The highest BCUT2D eigenvalue weighted by molar-refractivity contribution is 7.99. The number of hydrogen-bond donors (Lipinski definition) is 2. The molecule has 0 radical (unpaired) electrons. The number of nitrogens with zero attached hydrogens (tertiary/aromatic N) is 1. The van der Waals surface area contributed by atoms with Crippen LogP contribution in [0.2, 0.25) is 0 Å². The van der Waals surface area contributed by atoms with Gasteiger partial charge in [0.25, 0.3) is 0 Å². The van der Waals surface area contributed by atoms with E-state index in [2.05, 4.69) is 36.3 Å². The van der Waals surface area contributed by atoms with Crippen LogP contribution in [-0.4, -0.2) is 29.0 Å². The van der Waals surface area contributed by atoms with E-state index in [0.717, 1.165) is 30.2 Å². The van der Waals surface area contributed by atoms with Crippen molar-refractivity contribution in [1.82, 2.24) is 10.3 Å². The Kier molecular flexibility index (Phi) is 7.24. The van der Waals surface area contributed by atoms with Gasteiger partial charge in [0.15, 0.2) is 0 Å². The van der Waals surface area contributed by atoms with Crippen LogP contribution < -0.4 is 5.32 Å². The van der Waals surface area contributed by atoms with Gasteiger partial charge in [-0.2, -0.15) is 0 Å². The van der Waals surface area contributed by atoms with Crippen molar-refractivity contribution in [2.45, 2.75) is 37.8 Å². The van der Waals surface area contributed by atoms with Gasteiger partial charge in [0.1, 0.15) is 0 Å². The fourth-order valence-corrected chi connectivity index (χ4v) is 2.33. The van der Waals surface area contributed by atoms with E-state index >= 15 is 0 Å². The first-order valence-electron chi connectivity index (χ1n) is 6.21. The molecular formula is C13H22N2OS. The van der Waals surface area contributed by atoms with Gasteiger partial charge in [-0.05, 0) is 44.0 Å². The second-order valence-corrected chi connectivity index (χ2v) is 5.14. The summed E-state index contributed by atoms with van der Waals surface area (Å²) >= 11 is 1.70. The van der Waals surface area contributed by atoms with Gasteiger partial charge in [-0.1, -0.05) is 6.92 Å². The average molecular weight is 254 g/mol. The summed E-state index contributed by atoms with van der Waals surface area (Å²) in [7, 11) is 0. The summed E-state index contributed by atoms with van der Waals surface area (Å²) in [5, 5.41) is 13.2.